The number of unbranched alkanes of at least 4 members (excludes halogenated alkanes) is 34. The van der Waals surface area contributed by atoms with Crippen molar-refractivity contribution in [3.05, 3.63) is 24.3 Å². The molecule has 1 heterocycles. The smallest absolute Gasteiger partial charge is 0.335 e. The number of carbonyl (C=O) groups is 3. The molecule has 1 fully saturated rings. The van der Waals surface area contributed by atoms with Crippen LogP contribution in [0.5, 0.6) is 0 Å². The van der Waals surface area contributed by atoms with E-state index in [0.29, 0.717) is 12.8 Å². The average molecular weight is 965 g/mol. The normalized spacial score (nSPS) is 19.0. The maximum Gasteiger partial charge on any atom is 0.335 e. The largest absolute Gasteiger partial charge is 0.479 e. The molecule has 0 saturated carbocycles. The van der Waals surface area contributed by atoms with Gasteiger partial charge in [0.15, 0.2) is 18.5 Å². The van der Waals surface area contributed by atoms with Crippen LogP contribution in [0, 0.1) is 0 Å². The monoisotopic (exact) mass is 965 g/mol. The van der Waals surface area contributed by atoms with Gasteiger partial charge in [0.2, 0.25) is 0 Å². The first-order chi connectivity index (χ1) is 33.2. The van der Waals surface area contributed by atoms with Gasteiger partial charge in [-0.2, -0.15) is 0 Å². The maximum absolute atomic E-state index is 12.9. The first-order valence-corrected chi connectivity index (χ1v) is 28.4. The third kappa shape index (κ3) is 37.5. The van der Waals surface area contributed by atoms with E-state index in [1.807, 2.05) is 0 Å². The van der Waals surface area contributed by atoms with Crippen molar-refractivity contribution < 1.29 is 53.8 Å². The lowest BCUT2D eigenvalue weighted by Crippen LogP contribution is -2.60. The predicted molar refractivity (Wildman–Crippen MR) is 275 cm³/mol. The molecule has 4 N–H and O–H groups in total. The van der Waals surface area contributed by atoms with Crippen molar-refractivity contribution in [2.75, 3.05) is 13.2 Å². The van der Waals surface area contributed by atoms with Crippen molar-refractivity contribution in [2.45, 2.75) is 307 Å². The zero-order chi connectivity index (χ0) is 49.6. The highest BCUT2D eigenvalue weighted by Crippen LogP contribution is 2.23. The summed E-state index contributed by atoms with van der Waals surface area (Å²) in [6, 6.07) is 0. The number of ether oxygens (including phenoxy) is 4. The Labute approximate surface area is 415 Å². The van der Waals surface area contributed by atoms with E-state index in [4.69, 9.17) is 18.9 Å². The molecule has 6 unspecified atom stereocenters. The predicted octanol–water partition coefficient (Wildman–Crippen LogP) is 14.1. The number of esters is 2. The van der Waals surface area contributed by atoms with Gasteiger partial charge in [-0.3, -0.25) is 9.59 Å². The summed E-state index contributed by atoms with van der Waals surface area (Å²) in [5.41, 5.74) is 0. The second-order valence-electron chi connectivity index (χ2n) is 19.8. The number of hydrogen-bond acceptors (Lipinski definition) is 10. The Kier molecular flexibility index (Phi) is 44.1. The summed E-state index contributed by atoms with van der Waals surface area (Å²) in [4.78, 5) is 37.1. The van der Waals surface area contributed by atoms with Gasteiger partial charge >= 0.3 is 17.9 Å². The molecule has 1 aliphatic heterocycles. The molecule has 68 heavy (non-hydrogen) atoms. The Hall–Kier alpha value is -2.31. The summed E-state index contributed by atoms with van der Waals surface area (Å²) in [6.07, 6.45) is 46.6. The number of carbonyl (C=O) groups excluding carboxylic acids is 2. The summed E-state index contributed by atoms with van der Waals surface area (Å²) in [5, 5.41) is 40.0. The number of rotatable bonds is 49. The summed E-state index contributed by atoms with van der Waals surface area (Å²) >= 11 is 0. The summed E-state index contributed by atoms with van der Waals surface area (Å²) in [5.74, 6) is -2.43. The van der Waals surface area contributed by atoms with E-state index in [2.05, 4.69) is 38.2 Å². The highest BCUT2D eigenvalue weighted by Gasteiger charge is 2.47. The van der Waals surface area contributed by atoms with E-state index in [1.165, 1.54) is 180 Å². The third-order valence-corrected chi connectivity index (χ3v) is 13.3. The van der Waals surface area contributed by atoms with E-state index in [1.54, 1.807) is 0 Å². The first kappa shape index (κ1) is 63.7. The van der Waals surface area contributed by atoms with Crippen LogP contribution in [0.25, 0.3) is 0 Å². The van der Waals surface area contributed by atoms with Crippen LogP contribution in [0.3, 0.4) is 0 Å². The van der Waals surface area contributed by atoms with Crippen molar-refractivity contribution in [3.8, 4) is 0 Å². The van der Waals surface area contributed by atoms with Crippen LogP contribution >= 0.6 is 0 Å². The van der Waals surface area contributed by atoms with Crippen LogP contribution in [0.1, 0.15) is 271 Å². The summed E-state index contributed by atoms with van der Waals surface area (Å²) in [7, 11) is 0. The molecule has 1 saturated heterocycles. The molecule has 6 atom stereocenters. The highest BCUT2D eigenvalue weighted by atomic mass is 16.7. The number of carboxylic acid groups (broad SMARTS) is 1. The Morgan fingerprint density at radius 2 is 0.824 bits per heavy atom. The van der Waals surface area contributed by atoms with Crippen molar-refractivity contribution in [3.63, 3.8) is 0 Å². The van der Waals surface area contributed by atoms with E-state index in [-0.39, 0.29) is 26.1 Å². The van der Waals surface area contributed by atoms with E-state index in [0.717, 1.165) is 51.4 Å². The molecule has 0 radical (unpaired) electrons. The van der Waals surface area contributed by atoms with Crippen molar-refractivity contribution in [1.82, 2.24) is 0 Å². The van der Waals surface area contributed by atoms with Crippen LogP contribution in [0.15, 0.2) is 24.3 Å². The molecule has 0 aromatic heterocycles. The Balaban J connectivity index is 2.23. The fraction of sp³-hybridized carbons (Fsp3) is 0.877. The fourth-order valence-electron chi connectivity index (χ4n) is 8.85. The second kappa shape index (κ2) is 47.0. The van der Waals surface area contributed by atoms with E-state index >= 15 is 0 Å². The lowest BCUT2D eigenvalue weighted by atomic mass is 9.99. The number of carboxylic acids is 1. The minimum atomic E-state index is -1.86. The Morgan fingerprint density at radius 3 is 1.24 bits per heavy atom. The van der Waals surface area contributed by atoms with Crippen molar-refractivity contribution in [1.29, 1.82) is 0 Å². The maximum atomic E-state index is 12.9. The number of aliphatic hydroxyl groups is 3. The van der Waals surface area contributed by atoms with E-state index < -0.39 is 54.7 Å². The Morgan fingerprint density at radius 1 is 0.456 bits per heavy atom. The van der Waals surface area contributed by atoms with Crippen LogP contribution in [0.2, 0.25) is 0 Å². The summed E-state index contributed by atoms with van der Waals surface area (Å²) < 4.78 is 21.9. The standard InChI is InChI=1S/C57H104O11/c1-3-5-7-9-11-13-15-17-19-21-23-24-25-26-27-28-30-32-34-36-38-40-42-44-46-51(59)67-49(48-66-57-54(62)52(60)53(61)55(68-57)56(63)64)47-65-50(58)45-43-41-39-37-35-33-31-29-22-20-18-16-14-12-10-8-6-4-2/h14,16,20,22,49,52-55,57,60-62H,3-13,15,17-19,21,23-48H2,1-2H3,(H,63,64)/b16-14-,22-20-. The molecule has 11 nitrogen and oxygen atoms in total. The van der Waals surface area contributed by atoms with Gasteiger partial charge in [0.05, 0.1) is 6.61 Å². The van der Waals surface area contributed by atoms with Gasteiger partial charge < -0.3 is 39.4 Å². The molecule has 0 aliphatic carbocycles. The number of aliphatic carboxylic acids is 1. The minimum Gasteiger partial charge on any atom is -0.479 e. The number of hydrogen-bond donors (Lipinski definition) is 4. The van der Waals surface area contributed by atoms with Gasteiger partial charge in [0.1, 0.15) is 24.9 Å². The topological polar surface area (TPSA) is 169 Å². The van der Waals surface area contributed by atoms with Gasteiger partial charge in [-0.15, -0.1) is 0 Å². The van der Waals surface area contributed by atoms with Gasteiger partial charge in [-0.05, 0) is 44.9 Å². The van der Waals surface area contributed by atoms with Gasteiger partial charge in [0, 0.05) is 12.8 Å². The average Bonchev–Trinajstić information content (AvgIpc) is 3.32. The number of allylic oxidation sites excluding steroid dienone is 4. The number of aliphatic hydroxyl groups excluding tert-OH is 3. The lowest BCUT2D eigenvalue weighted by Gasteiger charge is -2.38. The molecule has 0 bridgehead atoms. The van der Waals surface area contributed by atoms with Crippen LogP contribution in [-0.4, -0.2) is 88.4 Å². The van der Waals surface area contributed by atoms with E-state index in [9.17, 15) is 34.8 Å². The molecule has 11 heteroatoms. The van der Waals surface area contributed by atoms with Crippen LogP contribution < -0.4 is 0 Å². The first-order valence-electron chi connectivity index (χ1n) is 28.4. The zero-order valence-corrected chi connectivity index (χ0v) is 43.6. The molecular formula is C57H104O11. The molecular weight excluding hydrogens is 861 g/mol. The molecule has 0 aromatic rings. The second-order valence-corrected chi connectivity index (χ2v) is 19.8. The molecule has 1 rings (SSSR count). The third-order valence-electron chi connectivity index (χ3n) is 13.3. The fourth-order valence-corrected chi connectivity index (χ4v) is 8.85. The van der Waals surface area contributed by atoms with Crippen LogP contribution in [-0.2, 0) is 33.3 Å². The molecule has 0 aromatic carbocycles. The van der Waals surface area contributed by atoms with Crippen molar-refractivity contribution in [2.24, 2.45) is 0 Å². The molecule has 398 valence electrons. The van der Waals surface area contributed by atoms with Gasteiger partial charge in [0.25, 0.3) is 0 Å². The minimum absolute atomic E-state index is 0.186. The summed E-state index contributed by atoms with van der Waals surface area (Å²) in [6.45, 7) is 3.84. The lowest BCUT2D eigenvalue weighted by molar-refractivity contribution is -0.298. The van der Waals surface area contributed by atoms with Gasteiger partial charge in [-0.25, -0.2) is 4.79 Å². The van der Waals surface area contributed by atoms with Crippen molar-refractivity contribution >= 4 is 17.9 Å². The molecule has 0 spiro atoms. The van der Waals surface area contributed by atoms with Gasteiger partial charge in [-0.1, -0.05) is 237 Å². The Bertz CT molecular complexity index is 1220. The highest BCUT2D eigenvalue weighted by molar-refractivity contribution is 5.73. The SMILES string of the molecule is CCCCCC/C=C\C/C=C\CCCCCCCCCC(=O)OCC(COC1OC(C(=O)O)C(O)C(O)C1O)OC(=O)CCCCCCCCCCCCCCCCCCCCCCCCCC. The molecule has 0 amide bonds. The quantitative estimate of drug-likeness (QED) is 0.0260. The zero-order valence-electron chi connectivity index (χ0n) is 43.6. The van der Waals surface area contributed by atoms with Crippen LogP contribution in [0.4, 0.5) is 0 Å². The molecule has 1 aliphatic rings.